The predicted octanol–water partition coefficient (Wildman–Crippen LogP) is 4.68. The summed E-state index contributed by atoms with van der Waals surface area (Å²) >= 11 is 7.40. The largest absolute Gasteiger partial charge is 0.490 e. The van der Waals surface area contributed by atoms with Crippen LogP contribution in [0.15, 0.2) is 40.2 Å². The fourth-order valence-electron chi connectivity index (χ4n) is 2.53. The molecule has 0 bridgehead atoms. The summed E-state index contributed by atoms with van der Waals surface area (Å²) in [5, 5.41) is 6.54. The van der Waals surface area contributed by atoms with Gasteiger partial charge in [0, 0.05) is 23.8 Å². The molecule has 124 valence electrons. The van der Waals surface area contributed by atoms with Crippen molar-refractivity contribution >= 4 is 22.9 Å². The normalized spacial score (nSPS) is 15.5. The lowest BCUT2D eigenvalue weighted by Gasteiger charge is -2.23. The van der Waals surface area contributed by atoms with E-state index >= 15 is 0 Å². The van der Waals surface area contributed by atoms with E-state index in [1.165, 1.54) is 11.3 Å². The Bertz CT molecular complexity index is 809. The number of halogens is 1. The second-order valence-corrected chi connectivity index (χ2v) is 6.85. The van der Waals surface area contributed by atoms with E-state index in [2.05, 4.69) is 10.1 Å². The van der Waals surface area contributed by atoms with Gasteiger partial charge in [-0.3, -0.25) is 0 Å². The summed E-state index contributed by atoms with van der Waals surface area (Å²) in [6, 6.07) is 9.55. The van der Waals surface area contributed by atoms with Gasteiger partial charge in [0.2, 0.25) is 5.82 Å². The molecule has 24 heavy (non-hydrogen) atoms. The van der Waals surface area contributed by atoms with Crippen molar-refractivity contribution in [2.24, 2.45) is 0 Å². The van der Waals surface area contributed by atoms with Crippen molar-refractivity contribution < 1.29 is 14.0 Å². The van der Waals surface area contributed by atoms with Gasteiger partial charge in [-0.1, -0.05) is 16.8 Å². The molecule has 0 unspecified atom stereocenters. The van der Waals surface area contributed by atoms with Crippen LogP contribution < -0.4 is 4.74 Å². The highest BCUT2D eigenvalue weighted by atomic mass is 35.5. The first kappa shape index (κ1) is 15.6. The molecule has 1 fully saturated rings. The number of thiophene rings is 1. The van der Waals surface area contributed by atoms with Gasteiger partial charge in [-0.2, -0.15) is 4.98 Å². The Morgan fingerprint density at radius 3 is 2.67 bits per heavy atom. The molecule has 0 N–H and O–H groups in total. The second kappa shape index (κ2) is 6.93. The van der Waals surface area contributed by atoms with Crippen molar-refractivity contribution in [3.63, 3.8) is 0 Å². The third-order valence-electron chi connectivity index (χ3n) is 3.79. The molecule has 0 atom stereocenters. The SMILES string of the molecule is Clc1csc(-c2nc(-c3ccc(OC4CCOCC4)cc3)no2)c1. The average molecular weight is 363 g/mol. The summed E-state index contributed by atoms with van der Waals surface area (Å²) in [6.07, 6.45) is 2.09. The third kappa shape index (κ3) is 3.45. The van der Waals surface area contributed by atoms with E-state index in [1.807, 2.05) is 35.7 Å². The molecular formula is C17H15ClN2O3S. The van der Waals surface area contributed by atoms with Crippen molar-refractivity contribution in [2.45, 2.75) is 18.9 Å². The van der Waals surface area contributed by atoms with Crippen LogP contribution in [-0.2, 0) is 4.74 Å². The number of aromatic nitrogens is 2. The standard InChI is InChI=1S/C17H15ClN2O3S/c18-12-9-15(24-10-12)17-19-16(20-23-17)11-1-3-13(4-2-11)22-14-5-7-21-8-6-14/h1-4,9-10,14H,5-8H2. The zero-order valence-corrected chi connectivity index (χ0v) is 14.3. The van der Waals surface area contributed by atoms with Gasteiger partial charge >= 0.3 is 0 Å². The molecule has 5 nitrogen and oxygen atoms in total. The van der Waals surface area contributed by atoms with Crippen LogP contribution >= 0.6 is 22.9 Å². The molecule has 1 aliphatic rings. The van der Waals surface area contributed by atoms with Gasteiger partial charge in [-0.05, 0) is 30.3 Å². The van der Waals surface area contributed by atoms with Crippen molar-refractivity contribution in [3.05, 3.63) is 40.7 Å². The predicted molar refractivity (Wildman–Crippen MR) is 92.5 cm³/mol. The van der Waals surface area contributed by atoms with Crippen molar-refractivity contribution in [1.82, 2.24) is 10.1 Å². The van der Waals surface area contributed by atoms with E-state index in [9.17, 15) is 0 Å². The summed E-state index contributed by atoms with van der Waals surface area (Å²) in [6.45, 7) is 1.53. The number of nitrogens with zero attached hydrogens (tertiary/aromatic N) is 2. The molecule has 2 aromatic heterocycles. The van der Waals surface area contributed by atoms with E-state index < -0.39 is 0 Å². The van der Waals surface area contributed by atoms with E-state index in [0.717, 1.165) is 42.2 Å². The van der Waals surface area contributed by atoms with E-state index in [0.29, 0.717) is 16.7 Å². The van der Waals surface area contributed by atoms with Crippen molar-refractivity contribution in [1.29, 1.82) is 0 Å². The fourth-order valence-corrected chi connectivity index (χ4v) is 3.53. The Hall–Kier alpha value is -1.89. The van der Waals surface area contributed by atoms with Gasteiger partial charge in [0.15, 0.2) is 0 Å². The van der Waals surface area contributed by atoms with Crippen molar-refractivity contribution in [2.75, 3.05) is 13.2 Å². The number of ether oxygens (including phenoxy) is 2. The first-order chi connectivity index (χ1) is 11.8. The van der Waals surface area contributed by atoms with Gasteiger partial charge in [0.1, 0.15) is 11.9 Å². The fraction of sp³-hybridized carbons (Fsp3) is 0.294. The maximum Gasteiger partial charge on any atom is 0.268 e. The van der Waals surface area contributed by atoms with Crippen molar-refractivity contribution in [3.8, 4) is 27.9 Å². The number of benzene rings is 1. The lowest BCUT2D eigenvalue weighted by Crippen LogP contribution is -2.25. The molecule has 0 aliphatic carbocycles. The smallest absolute Gasteiger partial charge is 0.268 e. The Labute approximate surface area is 148 Å². The molecule has 1 aromatic carbocycles. The van der Waals surface area contributed by atoms with Crippen LogP contribution in [0.4, 0.5) is 0 Å². The quantitative estimate of drug-likeness (QED) is 0.674. The molecule has 7 heteroatoms. The zero-order chi connectivity index (χ0) is 16.4. The molecule has 1 saturated heterocycles. The van der Waals surface area contributed by atoms with E-state index in [4.69, 9.17) is 25.6 Å². The van der Waals surface area contributed by atoms with Gasteiger partial charge in [-0.15, -0.1) is 11.3 Å². The highest BCUT2D eigenvalue weighted by Crippen LogP contribution is 2.30. The molecule has 0 amide bonds. The van der Waals surface area contributed by atoms with Gasteiger partial charge in [0.05, 0.1) is 23.1 Å². The second-order valence-electron chi connectivity index (χ2n) is 5.51. The molecule has 0 saturated carbocycles. The number of hydrogen-bond donors (Lipinski definition) is 0. The molecule has 1 aliphatic heterocycles. The Balaban J connectivity index is 1.47. The minimum atomic E-state index is 0.227. The monoisotopic (exact) mass is 362 g/mol. The van der Waals surface area contributed by atoms with Crippen LogP contribution in [0.2, 0.25) is 5.02 Å². The molecule has 3 aromatic rings. The lowest BCUT2D eigenvalue weighted by atomic mass is 10.1. The van der Waals surface area contributed by atoms with Gasteiger partial charge in [-0.25, -0.2) is 0 Å². The molecule has 0 radical (unpaired) electrons. The number of rotatable bonds is 4. The minimum absolute atomic E-state index is 0.227. The van der Waals surface area contributed by atoms with Crippen LogP contribution in [-0.4, -0.2) is 29.5 Å². The van der Waals surface area contributed by atoms with Crippen LogP contribution in [0.25, 0.3) is 22.2 Å². The van der Waals surface area contributed by atoms with Crippen LogP contribution in [0.5, 0.6) is 5.75 Å². The first-order valence-corrected chi connectivity index (χ1v) is 8.97. The minimum Gasteiger partial charge on any atom is -0.490 e. The highest BCUT2D eigenvalue weighted by molar-refractivity contribution is 7.14. The average Bonchev–Trinajstić information content (AvgIpc) is 3.25. The number of hydrogen-bond acceptors (Lipinski definition) is 6. The molecule has 0 spiro atoms. The molecule has 3 heterocycles. The summed E-state index contributed by atoms with van der Waals surface area (Å²) in [5.41, 5.74) is 0.881. The van der Waals surface area contributed by atoms with Crippen LogP contribution in [0, 0.1) is 0 Å². The zero-order valence-electron chi connectivity index (χ0n) is 12.8. The summed E-state index contributed by atoms with van der Waals surface area (Å²) < 4.78 is 16.6. The van der Waals surface area contributed by atoms with E-state index in [1.54, 1.807) is 0 Å². The van der Waals surface area contributed by atoms with Gasteiger partial charge in [0.25, 0.3) is 5.89 Å². The van der Waals surface area contributed by atoms with Crippen LogP contribution in [0.1, 0.15) is 12.8 Å². The Kier molecular flexibility index (Phi) is 4.51. The van der Waals surface area contributed by atoms with Crippen LogP contribution in [0.3, 0.4) is 0 Å². The Morgan fingerprint density at radius 1 is 1.17 bits per heavy atom. The van der Waals surface area contributed by atoms with Gasteiger partial charge < -0.3 is 14.0 Å². The molecule has 4 rings (SSSR count). The lowest BCUT2D eigenvalue weighted by molar-refractivity contribution is 0.0256. The highest BCUT2D eigenvalue weighted by Gasteiger charge is 2.16. The third-order valence-corrected chi connectivity index (χ3v) is 5.05. The molecular weight excluding hydrogens is 348 g/mol. The summed E-state index contributed by atoms with van der Waals surface area (Å²) in [4.78, 5) is 5.29. The Morgan fingerprint density at radius 2 is 1.96 bits per heavy atom. The first-order valence-electron chi connectivity index (χ1n) is 7.71. The van der Waals surface area contributed by atoms with E-state index in [-0.39, 0.29) is 6.10 Å². The topological polar surface area (TPSA) is 57.4 Å². The summed E-state index contributed by atoms with van der Waals surface area (Å²) in [5.74, 6) is 1.87. The summed E-state index contributed by atoms with van der Waals surface area (Å²) in [7, 11) is 0. The maximum absolute atomic E-state index is 5.97. The maximum atomic E-state index is 5.97.